The molecule has 0 radical (unpaired) electrons. The number of piperidine rings is 1. The van der Waals surface area contributed by atoms with Crippen LogP contribution in [0.15, 0.2) is 18.2 Å². The lowest BCUT2D eigenvalue weighted by molar-refractivity contribution is 0.112. The Labute approximate surface area is 114 Å². The van der Waals surface area contributed by atoms with Crippen molar-refractivity contribution in [2.75, 3.05) is 32.1 Å². The van der Waals surface area contributed by atoms with E-state index in [-0.39, 0.29) is 0 Å². The second-order valence-electron chi connectivity index (χ2n) is 5.19. The minimum absolute atomic E-state index is 0.559. The summed E-state index contributed by atoms with van der Waals surface area (Å²) in [6, 6.07) is 8.15. The van der Waals surface area contributed by atoms with Crippen molar-refractivity contribution in [3.8, 4) is 6.07 Å². The lowest BCUT2D eigenvalue weighted by Gasteiger charge is -2.36. The zero-order chi connectivity index (χ0) is 13.8. The van der Waals surface area contributed by atoms with Gasteiger partial charge in [0.1, 0.15) is 12.4 Å². The minimum Gasteiger partial charge on any atom is -0.370 e. The Bertz CT molecular complexity index is 497. The Kier molecular flexibility index (Phi) is 4.18. The van der Waals surface area contributed by atoms with Gasteiger partial charge in [0.25, 0.3) is 0 Å². The molecule has 0 saturated carbocycles. The molecule has 0 amide bonds. The summed E-state index contributed by atoms with van der Waals surface area (Å²) in [5.41, 5.74) is 2.10. The summed E-state index contributed by atoms with van der Waals surface area (Å²) in [5.74, 6) is 0. The van der Waals surface area contributed by atoms with Crippen LogP contribution in [-0.2, 0) is 0 Å². The molecule has 0 bridgehead atoms. The van der Waals surface area contributed by atoms with Crippen LogP contribution in [-0.4, -0.2) is 44.4 Å². The van der Waals surface area contributed by atoms with Crippen molar-refractivity contribution >= 4 is 12.0 Å². The molecule has 0 aromatic heterocycles. The minimum atomic E-state index is 0.559. The topological polar surface area (TPSA) is 47.3 Å². The number of nitriles is 1. The first-order valence-electron chi connectivity index (χ1n) is 6.56. The number of hydrogen-bond acceptors (Lipinski definition) is 4. The van der Waals surface area contributed by atoms with Crippen molar-refractivity contribution in [2.24, 2.45) is 0 Å². The van der Waals surface area contributed by atoms with Gasteiger partial charge in [-0.15, -0.1) is 0 Å². The zero-order valence-corrected chi connectivity index (χ0v) is 11.5. The molecule has 1 fully saturated rings. The molecule has 1 aromatic carbocycles. The highest BCUT2D eigenvalue weighted by molar-refractivity contribution is 5.78. The summed E-state index contributed by atoms with van der Waals surface area (Å²) in [5, 5.41) is 9.21. The molecule has 1 aliphatic heterocycles. The van der Waals surface area contributed by atoms with Gasteiger partial charge in [-0.3, -0.25) is 4.79 Å². The van der Waals surface area contributed by atoms with E-state index in [4.69, 9.17) is 0 Å². The van der Waals surface area contributed by atoms with Gasteiger partial charge >= 0.3 is 0 Å². The molecular weight excluding hydrogens is 238 g/mol. The molecule has 0 unspecified atom stereocenters. The molecule has 0 atom stereocenters. The Hall–Kier alpha value is -1.86. The van der Waals surface area contributed by atoms with Gasteiger partial charge in [0, 0.05) is 24.7 Å². The number of carbonyl (C=O) groups excluding carboxylic acids is 1. The average Bonchev–Trinajstić information content (AvgIpc) is 2.46. The van der Waals surface area contributed by atoms with E-state index in [2.05, 4.69) is 30.0 Å². The van der Waals surface area contributed by atoms with Crippen LogP contribution in [0.3, 0.4) is 0 Å². The second kappa shape index (κ2) is 5.85. The van der Waals surface area contributed by atoms with Crippen LogP contribution in [0.5, 0.6) is 0 Å². The van der Waals surface area contributed by atoms with Crippen LogP contribution in [0.4, 0.5) is 5.69 Å². The monoisotopic (exact) mass is 257 g/mol. The molecule has 1 aliphatic rings. The standard InChI is InChI=1S/C15H19N3O/c1-17(2)14-5-7-18(8-6-14)15-4-3-12(11-19)9-13(15)10-16/h3-4,9,11,14H,5-8H2,1-2H3. The fourth-order valence-corrected chi connectivity index (χ4v) is 2.62. The average molecular weight is 257 g/mol. The van der Waals surface area contributed by atoms with Gasteiger partial charge < -0.3 is 9.80 Å². The molecular formula is C15H19N3O. The molecule has 0 spiro atoms. The van der Waals surface area contributed by atoms with Crippen LogP contribution < -0.4 is 4.90 Å². The van der Waals surface area contributed by atoms with Crippen molar-refractivity contribution in [1.82, 2.24) is 4.90 Å². The van der Waals surface area contributed by atoms with E-state index in [1.54, 1.807) is 12.1 Å². The number of rotatable bonds is 3. The molecule has 100 valence electrons. The van der Waals surface area contributed by atoms with E-state index in [1.165, 1.54) is 0 Å². The van der Waals surface area contributed by atoms with Crippen molar-refractivity contribution in [3.05, 3.63) is 29.3 Å². The molecule has 4 nitrogen and oxygen atoms in total. The van der Waals surface area contributed by atoms with Gasteiger partial charge in [-0.2, -0.15) is 5.26 Å². The Morgan fingerprint density at radius 2 is 2.05 bits per heavy atom. The van der Waals surface area contributed by atoms with E-state index in [9.17, 15) is 10.1 Å². The molecule has 2 rings (SSSR count). The van der Waals surface area contributed by atoms with Crippen molar-refractivity contribution < 1.29 is 4.79 Å². The van der Waals surface area contributed by atoms with Crippen LogP contribution in [0.25, 0.3) is 0 Å². The number of aldehydes is 1. The lowest BCUT2D eigenvalue weighted by Crippen LogP contribution is -2.42. The number of nitrogens with zero attached hydrogens (tertiary/aromatic N) is 3. The van der Waals surface area contributed by atoms with E-state index >= 15 is 0 Å². The maximum absolute atomic E-state index is 10.8. The first-order valence-corrected chi connectivity index (χ1v) is 6.56. The van der Waals surface area contributed by atoms with Crippen LogP contribution in [0.1, 0.15) is 28.8 Å². The predicted octanol–water partition coefficient (Wildman–Crippen LogP) is 1.90. The fourth-order valence-electron chi connectivity index (χ4n) is 2.62. The van der Waals surface area contributed by atoms with Gasteiger partial charge in [0.2, 0.25) is 0 Å². The highest BCUT2D eigenvalue weighted by Crippen LogP contribution is 2.25. The highest BCUT2D eigenvalue weighted by Gasteiger charge is 2.22. The summed E-state index contributed by atoms with van der Waals surface area (Å²) >= 11 is 0. The van der Waals surface area contributed by atoms with Crippen LogP contribution >= 0.6 is 0 Å². The normalized spacial score (nSPS) is 16.4. The smallest absolute Gasteiger partial charge is 0.150 e. The molecule has 4 heteroatoms. The Morgan fingerprint density at radius 3 is 2.58 bits per heavy atom. The molecule has 1 aromatic rings. The van der Waals surface area contributed by atoms with Crippen LogP contribution in [0, 0.1) is 11.3 Å². The third-order valence-corrected chi connectivity index (χ3v) is 3.81. The van der Waals surface area contributed by atoms with E-state index < -0.39 is 0 Å². The van der Waals surface area contributed by atoms with Crippen molar-refractivity contribution in [1.29, 1.82) is 5.26 Å². The quantitative estimate of drug-likeness (QED) is 0.776. The van der Waals surface area contributed by atoms with Gasteiger partial charge in [0.15, 0.2) is 0 Å². The van der Waals surface area contributed by atoms with Crippen LogP contribution in [0.2, 0.25) is 0 Å². The lowest BCUT2D eigenvalue weighted by atomic mass is 10.0. The number of benzene rings is 1. The molecule has 1 heterocycles. The van der Waals surface area contributed by atoms with Gasteiger partial charge in [0.05, 0.1) is 11.3 Å². The van der Waals surface area contributed by atoms with Gasteiger partial charge in [-0.1, -0.05) is 0 Å². The van der Waals surface area contributed by atoms with E-state index in [0.717, 1.165) is 37.9 Å². The van der Waals surface area contributed by atoms with Crippen molar-refractivity contribution in [2.45, 2.75) is 18.9 Å². The number of hydrogen-bond donors (Lipinski definition) is 0. The van der Waals surface area contributed by atoms with E-state index in [0.29, 0.717) is 17.2 Å². The van der Waals surface area contributed by atoms with Gasteiger partial charge in [-0.25, -0.2) is 0 Å². The first-order chi connectivity index (χ1) is 9.15. The summed E-state index contributed by atoms with van der Waals surface area (Å²) < 4.78 is 0. The maximum atomic E-state index is 10.8. The summed E-state index contributed by atoms with van der Waals surface area (Å²) in [6.07, 6.45) is 2.99. The summed E-state index contributed by atoms with van der Waals surface area (Å²) in [6.45, 7) is 1.91. The zero-order valence-electron chi connectivity index (χ0n) is 11.5. The summed E-state index contributed by atoms with van der Waals surface area (Å²) in [4.78, 5) is 15.3. The molecule has 19 heavy (non-hydrogen) atoms. The SMILES string of the molecule is CN(C)C1CCN(c2ccc(C=O)cc2C#N)CC1. The Balaban J connectivity index is 2.16. The van der Waals surface area contributed by atoms with Gasteiger partial charge in [-0.05, 0) is 45.1 Å². The third kappa shape index (κ3) is 2.94. The fraction of sp³-hybridized carbons (Fsp3) is 0.467. The molecule has 0 aliphatic carbocycles. The molecule has 0 N–H and O–H groups in total. The highest BCUT2D eigenvalue weighted by atomic mass is 16.1. The maximum Gasteiger partial charge on any atom is 0.150 e. The first kappa shape index (κ1) is 13.6. The third-order valence-electron chi connectivity index (χ3n) is 3.81. The second-order valence-corrected chi connectivity index (χ2v) is 5.19. The summed E-state index contributed by atoms with van der Waals surface area (Å²) in [7, 11) is 4.22. The number of anilines is 1. The number of carbonyl (C=O) groups is 1. The largest absolute Gasteiger partial charge is 0.370 e. The van der Waals surface area contributed by atoms with Crippen molar-refractivity contribution in [3.63, 3.8) is 0 Å². The molecule has 1 saturated heterocycles. The van der Waals surface area contributed by atoms with E-state index in [1.807, 2.05) is 6.07 Å². The Morgan fingerprint density at radius 1 is 1.37 bits per heavy atom. The predicted molar refractivity (Wildman–Crippen MR) is 75.5 cm³/mol.